The molecule has 3 heterocycles. The predicted octanol–water partition coefficient (Wildman–Crippen LogP) is 3.69. The molecule has 25 heavy (non-hydrogen) atoms. The van der Waals surface area contributed by atoms with Crippen LogP contribution in [0.2, 0.25) is 5.02 Å². The summed E-state index contributed by atoms with van der Waals surface area (Å²) < 4.78 is 12.2. The van der Waals surface area contributed by atoms with Crippen molar-refractivity contribution in [3.63, 3.8) is 0 Å². The van der Waals surface area contributed by atoms with Gasteiger partial charge in [-0.3, -0.25) is 9.88 Å². The first-order valence-corrected chi connectivity index (χ1v) is 9.20. The van der Waals surface area contributed by atoms with Crippen molar-refractivity contribution in [2.24, 2.45) is 0 Å². The minimum atomic E-state index is -0.0203. The van der Waals surface area contributed by atoms with Crippen molar-refractivity contribution in [1.29, 1.82) is 0 Å². The van der Waals surface area contributed by atoms with Gasteiger partial charge in [-0.15, -0.1) is 0 Å². The fourth-order valence-corrected chi connectivity index (χ4v) is 3.89. The molecule has 1 aromatic carbocycles. The summed E-state index contributed by atoms with van der Waals surface area (Å²) in [6.45, 7) is 4.34. The van der Waals surface area contributed by atoms with E-state index in [1.807, 2.05) is 36.7 Å². The molecule has 4 nitrogen and oxygen atoms in total. The largest absolute Gasteiger partial charge is 0.373 e. The topological polar surface area (TPSA) is 34.6 Å². The summed E-state index contributed by atoms with van der Waals surface area (Å²) in [5, 5.41) is 0.786. The Morgan fingerprint density at radius 2 is 1.88 bits per heavy atom. The van der Waals surface area contributed by atoms with E-state index < -0.39 is 0 Å². The van der Waals surface area contributed by atoms with Crippen LogP contribution in [0, 0.1) is 0 Å². The molecule has 0 unspecified atom stereocenters. The number of hydrogen-bond donors (Lipinski definition) is 0. The fourth-order valence-electron chi connectivity index (χ4n) is 3.77. The van der Waals surface area contributed by atoms with Crippen LogP contribution in [0.5, 0.6) is 0 Å². The number of nitrogens with zero attached hydrogens (tertiary/aromatic N) is 2. The average molecular weight is 359 g/mol. The summed E-state index contributed by atoms with van der Waals surface area (Å²) in [5.74, 6) is 0. The quantitative estimate of drug-likeness (QED) is 0.816. The molecule has 0 radical (unpaired) electrons. The van der Waals surface area contributed by atoms with Crippen LogP contribution in [0.3, 0.4) is 0 Å². The lowest BCUT2D eigenvalue weighted by Crippen LogP contribution is -2.65. The Labute approximate surface area is 153 Å². The van der Waals surface area contributed by atoms with E-state index in [9.17, 15) is 0 Å². The van der Waals surface area contributed by atoms with Crippen LogP contribution in [0.1, 0.15) is 24.0 Å². The van der Waals surface area contributed by atoms with E-state index in [-0.39, 0.29) is 11.7 Å². The van der Waals surface area contributed by atoms with Gasteiger partial charge in [-0.05, 0) is 41.8 Å². The van der Waals surface area contributed by atoms with Gasteiger partial charge < -0.3 is 9.47 Å². The molecule has 5 heteroatoms. The van der Waals surface area contributed by atoms with Gasteiger partial charge >= 0.3 is 0 Å². The molecular formula is C20H23ClN2O2. The zero-order valence-corrected chi connectivity index (χ0v) is 15.0. The third-order valence-corrected chi connectivity index (χ3v) is 5.28. The highest BCUT2D eigenvalue weighted by atomic mass is 35.5. The second-order valence-corrected chi connectivity index (χ2v) is 7.52. The molecule has 132 valence electrons. The molecule has 0 amide bonds. The monoisotopic (exact) mass is 358 g/mol. The summed E-state index contributed by atoms with van der Waals surface area (Å²) in [5.41, 5.74) is 2.45. The van der Waals surface area contributed by atoms with E-state index in [0.29, 0.717) is 6.61 Å². The minimum Gasteiger partial charge on any atom is -0.373 e. The summed E-state index contributed by atoms with van der Waals surface area (Å²) in [4.78, 5) is 6.47. The van der Waals surface area contributed by atoms with Gasteiger partial charge in [0.2, 0.25) is 0 Å². The van der Waals surface area contributed by atoms with Crippen molar-refractivity contribution in [1.82, 2.24) is 9.88 Å². The minimum absolute atomic E-state index is 0.0203. The Morgan fingerprint density at radius 3 is 2.64 bits per heavy atom. The van der Waals surface area contributed by atoms with Crippen molar-refractivity contribution in [2.45, 2.75) is 37.7 Å². The van der Waals surface area contributed by atoms with E-state index in [2.05, 4.69) is 22.0 Å². The van der Waals surface area contributed by atoms with Crippen molar-refractivity contribution in [3.8, 4) is 0 Å². The first-order chi connectivity index (χ1) is 12.2. The number of benzene rings is 1. The standard InChI is InChI=1S/C20H23ClN2O2/c21-18-3-1-16(2-4-18)12-23-14-20(15-23)11-19(7-10-25-20)24-13-17-5-8-22-9-6-17/h1-6,8-9,19H,7,10-15H2/t19-/m1/s1. The van der Waals surface area contributed by atoms with Crippen LogP contribution in [0.4, 0.5) is 0 Å². The molecule has 2 aliphatic heterocycles. The van der Waals surface area contributed by atoms with Crippen LogP contribution in [0.25, 0.3) is 0 Å². The Bertz CT molecular complexity index is 687. The Morgan fingerprint density at radius 1 is 1.12 bits per heavy atom. The zero-order valence-electron chi connectivity index (χ0n) is 14.2. The molecule has 0 aliphatic carbocycles. The number of halogens is 1. The molecule has 0 bridgehead atoms. The molecule has 2 aliphatic rings. The van der Waals surface area contributed by atoms with E-state index in [4.69, 9.17) is 21.1 Å². The molecule has 2 saturated heterocycles. The highest BCUT2D eigenvalue weighted by Gasteiger charge is 2.47. The van der Waals surface area contributed by atoms with Crippen LogP contribution < -0.4 is 0 Å². The molecule has 0 N–H and O–H groups in total. The third kappa shape index (κ3) is 4.21. The molecule has 2 fully saturated rings. The average Bonchev–Trinajstić information content (AvgIpc) is 2.62. The maximum absolute atomic E-state index is 6.13. The molecule has 1 aromatic heterocycles. The highest BCUT2D eigenvalue weighted by Crippen LogP contribution is 2.36. The van der Waals surface area contributed by atoms with E-state index in [0.717, 1.165) is 44.1 Å². The second kappa shape index (κ2) is 7.42. The van der Waals surface area contributed by atoms with Crippen molar-refractivity contribution < 1.29 is 9.47 Å². The van der Waals surface area contributed by atoms with Crippen molar-refractivity contribution in [3.05, 3.63) is 64.9 Å². The van der Waals surface area contributed by atoms with Gasteiger partial charge in [-0.25, -0.2) is 0 Å². The van der Waals surface area contributed by atoms with Crippen molar-refractivity contribution in [2.75, 3.05) is 19.7 Å². The van der Waals surface area contributed by atoms with Crippen LogP contribution >= 0.6 is 11.6 Å². The van der Waals surface area contributed by atoms with Gasteiger partial charge in [0.05, 0.1) is 18.3 Å². The van der Waals surface area contributed by atoms with Gasteiger partial charge in [0.1, 0.15) is 0 Å². The van der Waals surface area contributed by atoms with Crippen LogP contribution in [-0.2, 0) is 22.6 Å². The summed E-state index contributed by atoms with van der Waals surface area (Å²) in [6, 6.07) is 12.1. The predicted molar refractivity (Wildman–Crippen MR) is 97.5 cm³/mol. The SMILES string of the molecule is Clc1ccc(CN2CC3(C[C@H](OCc4ccncc4)CCO3)C2)cc1. The number of pyridine rings is 1. The van der Waals surface area contributed by atoms with Gasteiger partial charge in [0, 0.05) is 50.1 Å². The van der Waals surface area contributed by atoms with Crippen molar-refractivity contribution >= 4 is 11.6 Å². The smallest absolute Gasteiger partial charge is 0.0959 e. The first kappa shape index (κ1) is 17.0. The lowest BCUT2D eigenvalue weighted by Gasteiger charge is -2.53. The van der Waals surface area contributed by atoms with Gasteiger partial charge in [-0.1, -0.05) is 23.7 Å². The van der Waals surface area contributed by atoms with Gasteiger partial charge in [-0.2, -0.15) is 0 Å². The zero-order chi connectivity index (χ0) is 17.1. The van der Waals surface area contributed by atoms with Crippen LogP contribution in [-0.4, -0.2) is 41.3 Å². The summed E-state index contributed by atoms with van der Waals surface area (Å²) >= 11 is 5.95. The Balaban J connectivity index is 1.26. The molecule has 4 rings (SSSR count). The van der Waals surface area contributed by atoms with E-state index in [1.54, 1.807) is 0 Å². The molecule has 1 spiro atoms. The third-order valence-electron chi connectivity index (χ3n) is 5.03. The number of likely N-dealkylation sites (tertiary alicyclic amines) is 1. The second-order valence-electron chi connectivity index (χ2n) is 7.08. The summed E-state index contributed by atoms with van der Waals surface area (Å²) in [6.07, 6.45) is 5.86. The summed E-state index contributed by atoms with van der Waals surface area (Å²) in [7, 11) is 0. The number of hydrogen-bond acceptors (Lipinski definition) is 4. The first-order valence-electron chi connectivity index (χ1n) is 8.82. The van der Waals surface area contributed by atoms with E-state index >= 15 is 0 Å². The Hall–Kier alpha value is -1.46. The van der Waals surface area contributed by atoms with Gasteiger partial charge in [0.25, 0.3) is 0 Å². The maximum atomic E-state index is 6.13. The normalized spacial score (nSPS) is 22.7. The van der Waals surface area contributed by atoms with E-state index in [1.165, 1.54) is 11.1 Å². The molecular weight excluding hydrogens is 336 g/mol. The molecule has 1 atom stereocenters. The number of aromatic nitrogens is 1. The fraction of sp³-hybridized carbons (Fsp3) is 0.450. The maximum Gasteiger partial charge on any atom is 0.0959 e. The lowest BCUT2D eigenvalue weighted by molar-refractivity contribution is -0.200. The van der Waals surface area contributed by atoms with Gasteiger partial charge in [0.15, 0.2) is 0 Å². The molecule has 0 saturated carbocycles. The highest BCUT2D eigenvalue weighted by molar-refractivity contribution is 6.30. The number of rotatable bonds is 5. The van der Waals surface area contributed by atoms with Crippen LogP contribution in [0.15, 0.2) is 48.8 Å². The Kier molecular flexibility index (Phi) is 5.04. The number of ether oxygens (including phenoxy) is 2. The lowest BCUT2D eigenvalue weighted by atomic mass is 9.84. The molecule has 2 aromatic rings.